The molecule has 0 aliphatic carbocycles. The Morgan fingerprint density at radius 2 is 1.88 bits per heavy atom. The molecule has 2 saturated heterocycles. The van der Waals surface area contributed by atoms with Crippen LogP contribution < -0.4 is 10.6 Å². The van der Waals surface area contributed by atoms with E-state index in [1.807, 2.05) is 5.32 Å². The summed E-state index contributed by atoms with van der Waals surface area (Å²) in [7, 11) is 0. The zero-order valence-corrected chi connectivity index (χ0v) is 8.53. The normalized spacial score (nSPS) is 45.9. The number of aliphatic hydroxyl groups excluding tert-OH is 4. The van der Waals surface area contributed by atoms with Gasteiger partial charge in [-0.25, -0.2) is 4.79 Å². The molecule has 96 valence electrons. The molecule has 0 aromatic rings. The van der Waals surface area contributed by atoms with Crippen LogP contribution in [0.3, 0.4) is 0 Å². The summed E-state index contributed by atoms with van der Waals surface area (Å²) in [6, 6.07) is -0.904. The number of carbonyl (C=O) groups is 2. The molecule has 9 heteroatoms. The van der Waals surface area contributed by atoms with Crippen LogP contribution in [-0.4, -0.2) is 69.1 Å². The second kappa shape index (κ2) is 3.89. The molecule has 2 rings (SSSR count). The van der Waals surface area contributed by atoms with Crippen molar-refractivity contribution in [3.63, 3.8) is 0 Å². The smallest absolute Gasteiger partial charge is 0.322 e. The first-order valence-electron chi connectivity index (χ1n) is 4.87. The fraction of sp³-hybridized carbons (Fsp3) is 0.750. The summed E-state index contributed by atoms with van der Waals surface area (Å²) < 4.78 is 4.70. The van der Waals surface area contributed by atoms with Crippen molar-refractivity contribution in [2.24, 2.45) is 0 Å². The first kappa shape index (κ1) is 12.2. The van der Waals surface area contributed by atoms with Crippen LogP contribution >= 0.6 is 0 Å². The SMILES string of the molecule is O=C1NC(=O)[C@@]2(N1)[C@H](O)[C@@H](CO)O[C@H](O)[C@@H]2O. The van der Waals surface area contributed by atoms with Crippen molar-refractivity contribution < 1.29 is 34.8 Å². The summed E-state index contributed by atoms with van der Waals surface area (Å²) in [5.74, 6) is -0.983. The first-order chi connectivity index (χ1) is 7.93. The van der Waals surface area contributed by atoms with Gasteiger partial charge in [-0.05, 0) is 0 Å². The number of hydrogen-bond acceptors (Lipinski definition) is 7. The average Bonchev–Trinajstić information content (AvgIpc) is 2.58. The molecular weight excluding hydrogens is 236 g/mol. The van der Waals surface area contributed by atoms with Gasteiger partial charge < -0.3 is 30.5 Å². The van der Waals surface area contributed by atoms with Crippen LogP contribution in [0.25, 0.3) is 0 Å². The van der Waals surface area contributed by atoms with E-state index in [-0.39, 0.29) is 0 Å². The van der Waals surface area contributed by atoms with Gasteiger partial charge in [0.1, 0.15) is 18.3 Å². The van der Waals surface area contributed by atoms with E-state index in [0.29, 0.717) is 0 Å². The van der Waals surface area contributed by atoms with Gasteiger partial charge in [-0.1, -0.05) is 0 Å². The number of aliphatic hydroxyl groups is 4. The molecule has 5 atom stereocenters. The molecule has 6 N–H and O–H groups in total. The van der Waals surface area contributed by atoms with E-state index in [9.17, 15) is 24.9 Å². The third-order valence-corrected chi connectivity index (χ3v) is 2.97. The van der Waals surface area contributed by atoms with Crippen LogP contribution in [-0.2, 0) is 9.53 Å². The Balaban J connectivity index is 2.41. The molecule has 2 aliphatic rings. The Bertz CT molecular complexity index is 362. The maximum atomic E-state index is 11.6. The first-order valence-corrected chi connectivity index (χ1v) is 4.87. The molecule has 2 aliphatic heterocycles. The van der Waals surface area contributed by atoms with Crippen molar-refractivity contribution >= 4 is 11.9 Å². The molecule has 0 unspecified atom stereocenters. The summed E-state index contributed by atoms with van der Waals surface area (Å²) >= 11 is 0. The van der Waals surface area contributed by atoms with E-state index in [0.717, 1.165) is 0 Å². The summed E-state index contributed by atoms with van der Waals surface area (Å²) in [4.78, 5) is 22.7. The fourth-order valence-corrected chi connectivity index (χ4v) is 2.06. The summed E-state index contributed by atoms with van der Waals surface area (Å²) in [6.07, 6.45) is -6.62. The minimum absolute atomic E-state index is 0.685. The lowest BCUT2D eigenvalue weighted by molar-refractivity contribution is -0.276. The Labute approximate surface area is 95.0 Å². The van der Waals surface area contributed by atoms with Crippen LogP contribution in [0.4, 0.5) is 4.79 Å². The van der Waals surface area contributed by atoms with Crippen molar-refractivity contribution in [2.45, 2.75) is 30.1 Å². The highest BCUT2D eigenvalue weighted by atomic mass is 16.6. The molecule has 3 amide bonds. The minimum Gasteiger partial charge on any atom is -0.394 e. The van der Waals surface area contributed by atoms with E-state index >= 15 is 0 Å². The highest BCUT2D eigenvalue weighted by Gasteiger charge is 2.64. The van der Waals surface area contributed by atoms with E-state index < -0.39 is 48.7 Å². The Hall–Kier alpha value is -1.26. The van der Waals surface area contributed by atoms with Gasteiger partial charge in [-0.15, -0.1) is 0 Å². The lowest BCUT2D eigenvalue weighted by Gasteiger charge is -2.45. The zero-order chi connectivity index (χ0) is 12.8. The molecule has 0 aromatic carbocycles. The fourth-order valence-electron chi connectivity index (χ4n) is 2.06. The number of hydrogen-bond donors (Lipinski definition) is 6. The van der Waals surface area contributed by atoms with E-state index in [1.54, 1.807) is 0 Å². The Morgan fingerprint density at radius 1 is 1.24 bits per heavy atom. The molecule has 2 heterocycles. The largest absolute Gasteiger partial charge is 0.394 e. The van der Waals surface area contributed by atoms with Crippen LogP contribution in [0.1, 0.15) is 0 Å². The summed E-state index contributed by atoms with van der Waals surface area (Å²) in [5, 5.41) is 41.8. The van der Waals surface area contributed by atoms with Gasteiger partial charge in [0.05, 0.1) is 6.61 Å². The van der Waals surface area contributed by atoms with E-state index in [1.165, 1.54) is 0 Å². The predicted octanol–water partition coefficient (Wildman–Crippen LogP) is -4.00. The number of imide groups is 1. The lowest BCUT2D eigenvalue weighted by Crippen LogP contribution is -2.74. The van der Waals surface area contributed by atoms with Crippen LogP contribution in [0.15, 0.2) is 0 Å². The van der Waals surface area contributed by atoms with E-state index in [4.69, 9.17) is 9.84 Å². The van der Waals surface area contributed by atoms with Gasteiger partial charge in [0, 0.05) is 0 Å². The number of urea groups is 1. The summed E-state index contributed by atoms with van der Waals surface area (Å²) in [5.41, 5.74) is -2.11. The number of rotatable bonds is 1. The molecule has 0 bridgehead atoms. The van der Waals surface area contributed by atoms with Gasteiger partial charge in [0.2, 0.25) is 0 Å². The number of ether oxygens (including phenoxy) is 1. The van der Waals surface area contributed by atoms with Gasteiger partial charge in [-0.2, -0.15) is 0 Å². The van der Waals surface area contributed by atoms with Crippen LogP contribution in [0.2, 0.25) is 0 Å². The Morgan fingerprint density at radius 3 is 2.35 bits per heavy atom. The van der Waals surface area contributed by atoms with Crippen LogP contribution in [0.5, 0.6) is 0 Å². The molecule has 1 spiro atoms. The highest BCUT2D eigenvalue weighted by Crippen LogP contribution is 2.31. The van der Waals surface area contributed by atoms with Crippen molar-refractivity contribution in [2.75, 3.05) is 6.61 Å². The van der Waals surface area contributed by atoms with Crippen molar-refractivity contribution in [3.05, 3.63) is 0 Å². The van der Waals surface area contributed by atoms with Gasteiger partial charge in [0.15, 0.2) is 11.8 Å². The van der Waals surface area contributed by atoms with Crippen molar-refractivity contribution in [3.8, 4) is 0 Å². The van der Waals surface area contributed by atoms with Gasteiger partial charge >= 0.3 is 6.03 Å². The minimum atomic E-state index is -2.11. The zero-order valence-electron chi connectivity index (χ0n) is 8.53. The molecule has 0 aromatic heterocycles. The lowest BCUT2D eigenvalue weighted by atomic mass is 9.81. The molecule has 0 saturated carbocycles. The standard InChI is InChI=1S/C8H12N2O7/c11-1-2-3(12)8(4(13)5(14)17-2)6(15)9-7(16)10-8/h2-5,11-14H,1H2,(H2,9,10,15,16)/t2-,3-,4+,5+,8-/m1/s1. The third kappa shape index (κ3) is 1.51. The van der Waals surface area contributed by atoms with Gasteiger partial charge in [-0.3, -0.25) is 10.1 Å². The van der Waals surface area contributed by atoms with E-state index in [2.05, 4.69) is 5.32 Å². The maximum absolute atomic E-state index is 11.6. The highest BCUT2D eigenvalue weighted by molar-refractivity contribution is 6.08. The number of carbonyl (C=O) groups excluding carboxylic acids is 2. The summed E-state index contributed by atoms with van der Waals surface area (Å²) in [6.45, 7) is -0.685. The van der Waals surface area contributed by atoms with Crippen LogP contribution in [0, 0.1) is 0 Å². The quantitative estimate of drug-likeness (QED) is 0.259. The Kier molecular flexibility index (Phi) is 2.79. The molecule has 9 nitrogen and oxygen atoms in total. The molecule has 2 fully saturated rings. The molecule has 17 heavy (non-hydrogen) atoms. The second-order valence-corrected chi connectivity index (χ2v) is 3.91. The predicted molar refractivity (Wildman–Crippen MR) is 49.4 cm³/mol. The molecule has 0 radical (unpaired) electrons. The second-order valence-electron chi connectivity index (χ2n) is 3.91. The van der Waals surface area contributed by atoms with Gasteiger partial charge in [0.25, 0.3) is 5.91 Å². The van der Waals surface area contributed by atoms with Crippen molar-refractivity contribution in [1.29, 1.82) is 0 Å². The number of amides is 3. The number of nitrogens with one attached hydrogen (secondary N) is 2. The van der Waals surface area contributed by atoms with Crippen molar-refractivity contribution in [1.82, 2.24) is 10.6 Å². The average molecular weight is 248 g/mol. The monoisotopic (exact) mass is 248 g/mol. The maximum Gasteiger partial charge on any atom is 0.322 e. The molecular formula is C8H12N2O7. The topological polar surface area (TPSA) is 148 Å². The third-order valence-electron chi connectivity index (χ3n) is 2.97.